The molecule has 0 nitrogen and oxygen atoms in total. The minimum absolute atomic E-state index is 0.213. The van der Waals surface area contributed by atoms with Crippen LogP contribution in [0.25, 0.3) is 11.1 Å². The molecule has 0 aliphatic carbocycles. The highest BCUT2D eigenvalue weighted by Gasteiger charge is 2.13. The van der Waals surface area contributed by atoms with Crippen molar-refractivity contribution < 1.29 is 0 Å². The Labute approximate surface area is 97.9 Å². The zero-order chi connectivity index (χ0) is 11.6. The lowest BCUT2D eigenvalue weighted by atomic mass is 9.85. The van der Waals surface area contributed by atoms with Crippen LogP contribution in [-0.2, 0) is 5.41 Å². The Kier molecular flexibility index (Phi) is 2.82. The Morgan fingerprint density at radius 3 is 1.94 bits per heavy atom. The van der Waals surface area contributed by atoms with Gasteiger partial charge >= 0.3 is 0 Å². The highest BCUT2D eigenvalue weighted by atomic mass is 14.2. The van der Waals surface area contributed by atoms with Crippen LogP contribution >= 0.6 is 0 Å². The molecule has 2 rings (SSSR count). The summed E-state index contributed by atoms with van der Waals surface area (Å²) >= 11 is 0. The molecule has 2 aromatic carbocycles. The van der Waals surface area contributed by atoms with E-state index in [1.807, 2.05) is 0 Å². The Hall–Kier alpha value is -1.56. The van der Waals surface area contributed by atoms with Gasteiger partial charge in [0.25, 0.3) is 0 Å². The number of hydrogen-bond donors (Lipinski definition) is 0. The van der Waals surface area contributed by atoms with Gasteiger partial charge in [0.2, 0.25) is 0 Å². The molecule has 0 aliphatic rings. The molecular formula is C16H18. The fourth-order valence-corrected chi connectivity index (χ4v) is 1.80. The van der Waals surface area contributed by atoms with Crippen LogP contribution in [0.5, 0.6) is 0 Å². The predicted octanol–water partition coefficient (Wildman–Crippen LogP) is 4.65. The maximum absolute atomic E-state index is 2.29. The summed E-state index contributed by atoms with van der Waals surface area (Å²) in [4.78, 5) is 0. The molecule has 0 amide bonds. The van der Waals surface area contributed by atoms with Gasteiger partial charge in [0.1, 0.15) is 0 Å². The average Bonchev–Trinajstić information content (AvgIpc) is 2.29. The van der Waals surface area contributed by atoms with E-state index in [-0.39, 0.29) is 5.41 Å². The van der Waals surface area contributed by atoms with Crippen LogP contribution in [0.1, 0.15) is 26.3 Å². The Morgan fingerprint density at radius 1 is 0.688 bits per heavy atom. The highest BCUT2D eigenvalue weighted by Crippen LogP contribution is 2.27. The molecule has 2 aromatic rings. The van der Waals surface area contributed by atoms with E-state index >= 15 is 0 Å². The summed E-state index contributed by atoms with van der Waals surface area (Å²) in [5.74, 6) is 0. The summed E-state index contributed by atoms with van der Waals surface area (Å²) in [5.41, 5.74) is 4.18. The fraction of sp³-hybridized carbons (Fsp3) is 0.250. The highest BCUT2D eigenvalue weighted by molar-refractivity contribution is 5.64. The van der Waals surface area contributed by atoms with Gasteiger partial charge in [-0.1, -0.05) is 75.4 Å². The third-order valence-electron chi connectivity index (χ3n) is 2.84. The Bertz CT molecular complexity index is 461. The first-order valence-electron chi connectivity index (χ1n) is 5.73. The lowest BCUT2D eigenvalue weighted by Gasteiger charge is -2.19. The second kappa shape index (κ2) is 4.13. The molecule has 0 aliphatic heterocycles. The first-order chi connectivity index (χ1) is 7.57. The van der Waals surface area contributed by atoms with Crippen molar-refractivity contribution in [1.29, 1.82) is 0 Å². The van der Waals surface area contributed by atoms with E-state index in [4.69, 9.17) is 0 Å². The third-order valence-corrected chi connectivity index (χ3v) is 2.84. The van der Waals surface area contributed by atoms with Crippen LogP contribution in [0.2, 0.25) is 0 Å². The summed E-state index contributed by atoms with van der Waals surface area (Å²) in [6.45, 7) is 6.74. The molecule has 0 heterocycles. The maximum atomic E-state index is 2.29. The largest absolute Gasteiger partial charge is 0.0622 e. The molecule has 0 saturated carbocycles. The molecular weight excluding hydrogens is 192 g/mol. The van der Waals surface area contributed by atoms with Crippen molar-refractivity contribution in [2.45, 2.75) is 26.2 Å². The SMILES string of the molecule is CC(C)(C)c1cccc(-c2ccccc2)c1. The predicted molar refractivity (Wildman–Crippen MR) is 70.6 cm³/mol. The van der Waals surface area contributed by atoms with Crippen molar-refractivity contribution >= 4 is 0 Å². The molecule has 16 heavy (non-hydrogen) atoms. The van der Waals surface area contributed by atoms with Crippen LogP contribution in [0, 0.1) is 0 Å². The molecule has 0 N–H and O–H groups in total. The van der Waals surface area contributed by atoms with Gasteiger partial charge in [-0.2, -0.15) is 0 Å². The van der Waals surface area contributed by atoms with Crippen molar-refractivity contribution in [1.82, 2.24) is 0 Å². The average molecular weight is 210 g/mol. The first-order valence-corrected chi connectivity index (χ1v) is 5.73. The molecule has 0 spiro atoms. The van der Waals surface area contributed by atoms with Crippen LogP contribution in [-0.4, -0.2) is 0 Å². The van der Waals surface area contributed by atoms with E-state index in [1.165, 1.54) is 16.7 Å². The van der Waals surface area contributed by atoms with E-state index in [1.54, 1.807) is 0 Å². The van der Waals surface area contributed by atoms with E-state index in [9.17, 15) is 0 Å². The summed E-state index contributed by atoms with van der Waals surface area (Å²) in [7, 11) is 0. The summed E-state index contributed by atoms with van der Waals surface area (Å²) in [6, 6.07) is 19.3. The molecule has 0 saturated heterocycles. The normalized spacial score (nSPS) is 11.4. The molecule has 0 fully saturated rings. The minimum Gasteiger partial charge on any atom is -0.0622 e. The number of rotatable bonds is 1. The molecule has 0 atom stereocenters. The van der Waals surface area contributed by atoms with Gasteiger partial charge in [0, 0.05) is 0 Å². The van der Waals surface area contributed by atoms with Crippen LogP contribution < -0.4 is 0 Å². The summed E-state index contributed by atoms with van der Waals surface area (Å²) < 4.78 is 0. The fourth-order valence-electron chi connectivity index (χ4n) is 1.80. The summed E-state index contributed by atoms with van der Waals surface area (Å²) in [6.07, 6.45) is 0. The molecule has 0 unspecified atom stereocenters. The molecule has 0 heteroatoms. The molecule has 0 radical (unpaired) electrons. The quantitative estimate of drug-likeness (QED) is 0.642. The van der Waals surface area contributed by atoms with Gasteiger partial charge in [-0.3, -0.25) is 0 Å². The lowest BCUT2D eigenvalue weighted by molar-refractivity contribution is 0.590. The number of benzene rings is 2. The van der Waals surface area contributed by atoms with Crippen LogP contribution in [0.3, 0.4) is 0 Å². The van der Waals surface area contributed by atoms with Gasteiger partial charge in [-0.05, 0) is 22.1 Å². The van der Waals surface area contributed by atoms with Gasteiger partial charge in [0.15, 0.2) is 0 Å². The van der Waals surface area contributed by atoms with Crippen molar-refractivity contribution in [3.05, 3.63) is 60.2 Å². The zero-order valence-electron chi connectivity index (χ0n) is 10.2. The van der Waals surface area contributed by atoms with E-state index < -0.39 is 0 Å². The van der Waals surface area contributed by atoms with Gasteiger partial charge in [0.05, 0.1) is 0 Å². The van der Waals surface area contributed by atoms with E-state index in [0.717, 1.165) is 0 Å². The summed E-state index contributed by atoms with van der Waals surface area (Å²) in [5, 5.41) is 0. The van der Waals surface area contributed by atoms with Crippen LogP contribution in [0.4, 0.5) is 0 Å². The van der Waals surface area contributed by atoms with Gasteiger partial charge < -0.3 is 0 Å². The van der Waals surface area contributed by atoms with E-state index in [2.05, 4.69) is 75.4 Å². The molecule has 0 aromatic heterocycles. The van der Waals surface area contributed by atoms with Crippen molar-refractivity contribution in [3.8, 4) is 11.1 Å². The smallest absolute Gasteiger partial charge is 0.0132 e. The third kappa shape index (κ3) is 2.33. The standard InChI is InChI=1S/C16H18/c1-16(2,3)15-11-7-10-14(12-15)13-8-5-4-6-9-13/h4-12H,1-3H3. The van der Waals surface area contributed by atoms with Crippen LogP contribution in [0.15, 0.2) is 54.6 Å². The van der Waals surface area contributed by atoms with Gasteiger partial charge in [-0.15, -0.1) is 0 Å². The monoisotopic (exact) mass is 210 g/mol. The molecule has 82 valence electrons. The molecule has 0 bridgehead atoms. The number of hydrogen-bond acceptors (Lipinski definition) is 0. The van der Waals surface area contributed by atoms with Crippen molar-refractivity contribution in [2.24, 2.45) is 0 Å². The van der Waals surface area contributed by atoms with Gasteiger partial charge in [-0.25, -0.2) is 0 Å². The van der Waals surface area contributed by atoms with Crippen molar-refractivity contribution in [2.75, 3.05) is 0 Å². The minimum atomic E-state index is 0.213. The van der Waals surface area contributed by atoms with E-state index in [0.29, 0.717) is 0 Å². The Balaban J connectivity index is 2.45. The maximum Gasteiger partial charge on any atom is -0.0132 e. The Morgan fingerprint density at radius 2 is 1.31 bits per heavy atom. The second-order valence-electron chi connectivity index (χ2n) is 5.20. The lowest BCUT2D eigenvalue weighted by Crippen LogP contribution is -2.10. The zero-order valence-corrected chi connectivity index (χ0v) is 10.2. The first kappa shape index (κ1) is 10.9. The topological polar surface area (TPSA) is 0 Å². The van der Waals surface area contributed by atoms with Crippen molar-refractivity contribution in [3.63, 3.8) is 0 Å². The second-order valence-corrected chi connectivity index (χ2v) is 5.20.